The largest absolute Gasteiger partial charge is 0.497 e. The Labute approximate surface area is 111 Å². The molecule has 1 atom stereocenters. The molecule has 1 aromatic carbocycles. The summed E-state index contributed by atoms with van der Waals surface area (Å²) in [6.07, 6.45) is 2.61. The van der Waals surface area contributed by atoms with Gasteiger partial charge in [0.05, 0.1) is 19.1 Å². The third-order valence-corrected chi connectivity index (χ3v) is 4.89. The van der Waals surface area contributed by atoms with Crippen LogP contribution in [0.4, 0.5) is 0 Å². The number of carbonyl (C=O) groups is 1. The van der Waals surface area contributed by atoms with E-state index in [1.807, 2.05) is 23.9 Å². The molecular formula is C14H16O3S. The van der Waals surface area contributed by atoms with Gasteiger partial charge in [-0.1, -0.05) is 0 Å². The molecule has 0 radical (unpaired) electrons. The van der Waals surface area contributed by atoms with Crippen LogP contribution in [0.25, 0.3) is 0 Å². The van der Waals surface area contributed by atoms with Crippen LogP contribution >= 0.6 is 11.8 Å². The standard InChI is InChI=1S/C14H16O3S/c1-16-10-3-4-11-12(15)8-14(17-13(11)7-10)5-2-6-18-9-14/h3-4,7H,2,5-6,8-9H2,1H3. The van der Waals surface area contributed by atoms with Crippen LogP contribution in [0.15, 0.2) is 18.2 Å². The maximum atomic E-state index is 12.2. The molecule has 1 saturated heterocycles. The molecule has 2 aliphatic heterocycles. The maximum absolute atomic E-state index is 12.2. The van der Waals surface area contributed by atoms with Gasteiger partial charge in [0.1, 0.15) is 17.1 Å². The minimum absolute atomic E-state index is 0.196. The van der Waals surface area contributed by atoms with E-state index >= 15 is 0 Å². The highest BCUT2D eigenvalue weighted by Crippen LogP contribution is 2.41. The topological polar surface area (TPSA) is 35.5 Å². The molecule has 0 aliphatic carbocycles. The monoisotopic (exact) mass is 264 g/mol. The van der Waals surface area contributed by atoms with Gasteiger partial charge in [0.2, 0.25) is 0 Å². The molecule has 0 saturated carbocycles. The fourth-order valence-electron chi connectivity index (χ4n) is 2.65. The number of rotatable bonds is 1. The second-order valence-corrected chi connectivity index (χ2v) is 6.01. The van der Waals surface area contributed by atoms with Crippen molar-refractivity contribution in [3.63, 3.8) is 0 Å². The van der Waals surface area contributed by atoms with Crippen molar-refractivity contribution in [2.45, 2.75) is 24.9 Å². The minimum Gasteiger partial charge on any atom is -0.497 e. The lowest BCUT2D eigenvalue weighted by atomic mass is 9.87. The Morgan fingerprint density at radius 3 is 3.06 bits per heavy atom. The molecule has 1 unspecified atom stereocenters. The highest BCUT2D eigenvalue weighted by atomic mass is 32.2. The van der Waals surface area contributed by atoms with Crippen molar-refractivity contribution in [1.29, 1.82) is 0 Å². The molecule has 0 bridgehead atoms. The second-order valence-electron chi connectivity index (χ2n) is 4.90. The van der Waals surface area contributed by atoms with Gasteiger partial charge >= 0.3 is 0 Å². The Bertz CT molecular complexity index is 478. The lowest BCUT2D eigenvalue weighted by Crippen LogP contribution is -2.46. The van der Waals surface area contributed by atoms with E-state index in [4.69, 9.17) is 9.47 Å². The van der Waals surface area contributed by atoms with Gasteiger partial charge in [-0.25, -0.2) is 0 Å². The molecule has 2 heterocycles. The third kappa shape index (κ3) is 1.99. The molecule has 18 heavy (non-hydrogen) atoms. The smallest absolute Gasteiger partial charge is 0.170 e. The first-order chi connectivity index (χ1) is 8.72. The number of methoxy groups -OCH3 is 1. The maximum Gasteiger partial charge on any atom is 0.170 e. The Kier molecular flexibility index (Phi) is 2.98. The average Bonchev–Trinajstić information content (AvgIpc) is 2.38. The zero-order valence-electron chi connectivity index (χ0n) is 10.4. The van der Waals surface area contributed by atoms with Crippen LogP contribution in [-0.2, 0) is 0 Å². The van der Waals surface area contributed by atoms with Crippen molar-refractivity contribution < 1.29 is 14.3 Å². The molecule has 1 spiro atoms. The molecule has 0 N–H and O–H groups in total. The van der Waals surface area contributed by atoms with Crippen LogP contribution in [0, 0.1) is 0 Å². The lowest BCUT2D eigenvalue weighted by Gasteiger charge is -2.40. The molecule has 4 heteroatoms. The van der Waals surface area contributed by atoms with E-state index < -0.39 is 0 Å². The number of ether oxygens (including phenoxy) is 2. The van der Waals surface area contributed by atoms with Crippen molar-refractivity contribution in [1.82, 2.24) is 0 Å². The van der Waals surface area contributed by atoms with Gasteiger partial charge in [-0.05, 0) is 30.7 Å². The molecule has 1 fully saturated rings. The number of carbonyl (C=O) groups excluding carboxylic acids is 1. The van der Waals surface area contributed by atoms with E-state index in [1.54, 1.807) is 13.2 Å². The first kappa shape index (κ1) is 11.9. The molecule has 3 nitrogen and oxygen atoms in total. The summed E-state index contributed by atoms with van der Waals surface area (Å²) in [7, 11) is 1.62. The van der Waals surface area contributed by atoms with Crippen molar-refractivity contribution in [3.05, 3.63) is 23.8 Å². The first-order valence-corrected chi connectivity index (χ1v) is 7.36. The van der Waals surface area contributed by atoms with Gasteiger partial charge in [0.25, 0.3) is 0 Å². The van der Waals surface area contributed by atoms with Crippen LogP contribution < -0.4 is 9.47 Å². The molecule has 0 amide bonds. The van der Waals surface area contributed by atoms with Crippen molar-refractivity contribution in [2.24, 2.45) is 0 Å². The number of thioether (sulfide) groups is 1. The first-order valence-electron chi connectivity index (χ1n) is 6.20. The van der Waals surface area contributed by atoms with Gasteiger partial charge < -0.3 is 9.47 Å². The average molecular weight is 264 g/mol. The zero-order valence-corrected chi connectivity index (χ0v) is 11.2. The van der Waals surface area contributed by atoms with E-state index in [9.17, 15) is 4.79 Å². The van der Waals surface area contributed by atoms with E-state index in [0.29, 0.717) is 17.7 Å². The summed E-state index contributed by atoms with van der Waals surface area (Å²) in [6.45, 7) is 0. The van der Waals surface area contributed by atoms with E-state index in [0.717, 1.165) is 24.3 Å². The number of ketones is 1. The number of hydrogen-bond donors (Lipinski definition) is 0. The molecule has 2 aliphatic rings. The number of fused-ring (bicyclic) bond motifs is 1. The Morgan fingerprint density at radius 2 is 2.33 bits per heavy atom. The highest BCUT2D eigenvalue weighted by molar-refractivity contribution is 7.99. The lowest BCUT2D eigenvalue weighted by molar-refractivity contribution is 0.0478. The van der Waals surface area contributed by atoms with E-state index in [2.05, 4.69) is 0 Å². The van der Waals surface area contributed by atoms with Crippen LogP contribution in [0.2, 0.25) is 0 Å². The fraction of sp³-hybridized carbons (Fsp3) is 0.500. The summed E-state index contributed by atoms with van der Waals surface area (Å²) in [5.74, 6) is 3.70. The molecule has 0 aromatic heterocycles. The summed E-state index contributed by atoms with van der Waals surface area (Å²) in [5.41, 5.74) is 0.413. The van der Waals surface area contributed by atoms with Crippen molar-refractivity contribution in [2.75, 3.05) is 18.6 Å². The fourth-order valence-corrected chi connectivity index (χ4v) is 3.82. The molecule has 96 valence electrons. The highest BCUT2D eigenvalue weighted by Gasteiger charge is 2.41. The second kappa shape index (κ2) is 4.50. The predicted octanol–water partition coefficient (Wildman–Crippen LogP) is 2.93. The minimum atomic E-state index is -0.278. The Morgan fingerprint density at radius 1 is 1.44 bits per heavy atom. The van der Waals surface area contributed by atoms with Gasteiger partial charge in [0.15, 0.2) is 5.78 Å². The molecule has 1 aromatic rings. The summed E-state index contributed by atoms with van der Waals surface area (Å²) in [5, 5.41) is 0. The van der Waals surface area contributed by atoms with Gasteiger partial charge in [-0.2, -0.15) is 11.8 Å². The third-order valence-electron chi connectivity index (χ3n) is 3.58. The normalized spacial score (nSPS) is 26.6. The summed E-state index contributed by atoms with van der Waals surface area (Å²) in [4.78, 5) is 12.2. The Hall–Kier alpha value is -1.16. The zero-order chi connectivity index (χ0) is 12.6. The van der Waals surface area contributed by atoms with Crippen molar-refractivity contribution in [3.8, 4) is 11.5 Å². The van der Waals surface area contributed by atoms with Gasteiger partial charge in [0, 0.05) is 11.8 Å². The van der Waals surface area contributed by atoms with Gasteiger partial charge in [-0.3, -0.25) is 4.79 Å². The van der Waals surface area contributed by atoms with E-state index in [-0.39, 0.29) is 11.4 Å². The van der Waals surface area contributed by atoms with Crippen LogP contribution in [-0.4, -0.2) is 30.0 Å². The molecular weight excluding hydrogens is 248 g/mol. The number of benzene rings is 1. The summed E-state index contributed by atoms with van der Waals surface area (Å²) < 4.78 is 11.3. The summed E-state index contributed by atoms with van der Waals surface area (Å²) >= 11 is 1.88. The predicted molar refractivity (Wildman–Crippen MR) is 71.9 cm³/mol. The van der Waals surface area contributed by atoms with Crippen molar-refractivity contribution >= 4 is 17.5 Å². The van der Waals surface area contributed by atoms with Crippen LogP contribution in [0.1, 0.15) is 29.6 Å². The quantitative estimate of drug-likeness (QED) is 0.781. The van der Waals surface area contributed by atoms with E-state index in [1.165, 1.54) is 5.75 Å². The Balaban J connectivity index is 1.96. The summed E-state index contributed by atoms with van der Waals surface area (Å²) in [6, 6.07) is 5.44. The van der Waals surface area contributed by atoms with Gasteiger partial charge in [-0.15, -0.1) is 0 Å². The van der Waals surface area contributed by atoms with Crippen LogP contribution in [0.5, 0.6) is 11.5 Å². The van der Waals surface area contributed by atoms with Crippen LogP contribution in [0.3, 0.4) is 0 Å². The number of Topliss-reactive ketones (excluding diaryl/α,β-unsaturated/α-hetero) is 1. The SMILES string of the molecule is COc1ccc2c(c1)OC1(CCCSC1)CC2=O. The number of hydrogen-bond acceptors (Lipinski definition) is 4. The molecule has 3 rings (SSSR count).